The zero-order valence-electron chi connectivity index (χ0n) is 16.9. The summed E-state index contributed by atoms with van der Waals surface area (Å²) in [6.45, 7) is 4.98. The number of aliphatic carboxylic acids is 1. The van der Waals surface area contributed by atoms with Crippen LogP contribution in [0.1, 0.15) is 36.7 Å². The van der Waals surface area contributed by atoms with Gasteiger partial charge in [0.1, 0.15) is 5.65 Å². The van der Waals surface area contributed by atoms with Gasteiger partial charge in [0.15, 0.2) is 0 Å². The number of aryl methyl sites for hydroxylation is 2. The predicted molar refractivity (Wildman–Crippen MR) is 108 cm³/mol. The van der Waals surface area contributed by atoms with Crippen molar-refractivity contribution in [2.75, 3.05) is 6.54 Å². The van der Waals surface area contributed by atoms with E-state index in [0.717, 1.165) is 35.3 Å². The molecule has 152 valence electrons. The Morgan fingerprint density at radius 2 is 2.07 bits per heavy atom. The van der Waals surface area contributed by atoms with Crippen LogP contribution in [0.25, 0.3) is 16.7 Å². The molecule has 0 aromatic carbocycles. The standard InChI is InChI=1S/C21H25N5O3/c1-4-25(21(29)14-6-7-14)12-18-17(10-22-24(18)3)26-11-15(9-19(27)28)16-8-5-13(2)23-20(16)26/h5,8,10-11,14H,4,6-7,9,12H2,1-3H3,(H,27,28). The zero-order valence-corrected chi connectivity index (χ0v) is 16.9. The highest BCUT2D eigenvalue weighted by atomic mass is 16.4. The van der Waals surface area contributed by atoms with Gasteiger partial charge in [-0.1, -0.05) is 0 Å². The van der Waals surface area contributed by atoms with Crippen molar-refractivity contribution in [3.8, 4) is 5.69 Å². The topological polar surface area (TPSA) is 93.2 Å². The van der Waals surface area contributed by atoms with Crippen LogP contribution in [0.5, 0.6) is 0 Å². The third kappa shape index (κ3) is 3.62. The number of carboxylic acid groups (broad SMARTS) is 1. The number of hydrogen-bond acceptors (Lipinski definition) is 4. The number of pyridine rings is 1. The molecule has 0 spiro atoms. The SMILES string of the molecule is CCN(Cc1c(-n2cc(CC(=O)O)c3ccc(C)nc32)cnn1C)C(=O)C1CC1. The molecule has 3 aromatic heterocycles. The van der Waals surface area contributed by atoms with E-state index in [9.17, 15) is 14.7 Å². The Hall–Kier alpha value is -3.16. The molecule has 29 heavy (non-hydrogen) atoms. The van der Waals surface area contributed by atoms with Crippen molar-refractivity contribution in [3.05, 3.63) is 41.5 Å². The van der Waals surface area contributed by atoms with E-state index in [1.165, 1.54) is 0 Å². The van der Waals surface area contributed by atoms with Gasteiger partial charge in [0.05, 0.1) is 30.5 Å². The number of fused-ring (bicyclic) bond motifs is 1. The Bertz CT molecular complexity index is 1090. The van der Waals surface area contributed by atoms with Gasteiger partial charge in [0, 0.05) is 36.8 Å². The third-order valence-electron chi connectivity index (χ3n) is 5.47. The maximum atomic E-state index is 12.6. The highest BCUT2D eigenvalue weighted by Gasteiger charge is 2.33. The lowest BCUT2D eigenvalue weighted by Gasteiger charge is -2.22. The maximum absolute atomic E-state index is 12.6. The summed E-state index contributed by atoms with van der Waals surface area (Å²) in [5.41, 5.74) is 3.96. The average Bonchev–Trinajstić information content (AvgIpc) is 3.39. The number of aromatic nitrogens is 4. The zero-order chi connectivity index (χ0) is 20.7. The molecule has 0 radical (unpaired) electrons. The molecule has 1 amide bonds. The maximum Gasteiger partial charge on any atom is 0.307 e. The lowest BCUT2D eigenvalue weighted by Crippen LogP contribution is -2.32. The molecule has 1 aliphatic rings. The molecule has 0 atom stereocenters. The number of carboxylic acids is 1. The number of nitrogens with zero attached hydrogens (tertiary/aromatic N) is 5. The summed E-state index contributed by atoms with van der Waals surface area (Å²) in [7, 11) is 1.86. The van der Waals surface area contributed by atoms with E-state index < -0.39 is 5.97 Å². The molecule has 4 rings (SSSR count). The Balaban J connectivity index is 1.79. The minimum Gasteiger partial charge on any atom is -0.481 e. The first-order valence-corrected chi connectivity index (χ1v) is 9.88. The van der Waals surface area contributed by atoms with Crippen LogP contribution in [-0.4, -0.2) is 47.8 Å². The Morgan fingerprint density at radius 1 is 1.31 bits per heavy atom. The Kier molecular flexibility index (Phi) is 4.86. The minimum absolute atomic E-state index is 0.0783. The van der Waals surface area contributed by atoms with E-state index in [-0.39, 0.29) is 18.2 Å². The molecule has 3 aromatic rings. The summed E-state index contributed by atoms with van der Waals surface area (Å²) in [5, 5.41) is 14.5. The molecule has 8 heteroatoms. The summed E-state index contributed by atoms with van der Waals surface area (Å²) in [5.74, 6) is -0.536. The van der Waals surface area contributed by atoms with Gasteiger partial charge in [0.25, 0.3) is 0 Å². The molecule has 1 saturated carbocycles. The van der Waals surface area contributed by atoms with Crippen molar-refractivity contribution in [2.45, 2.75) is 39.7 Å². The summed E-state index contributed by atoms with van der Waals surface area (Å²) in [6.07, 6.45) is 5.43. The van der Waals surface area contributed by atoms with Crippen LogP contribution in [0, 0.1) is 12.8 Å². The van der Waals surface area contributed by atoms with Gasteiger partial charge in [-0.3, -0.25) is 18.8 Å². The van der Waals surface area contributed by atoms with Crippen molar-refractivity contribution in [1.29, 1.82) is 0 Å². The number of hydrogen-bond donors (Lipinski definition) is 1. The van der Waals surface area contributed by atoms with Gasteiger partial charge < -0.3 is 10.0 Å². The molecule has 0 aliphatic heterocycles. The molecule has 0 saturated heterocycles. The average molecular weight is 395 g/mol. The Morgan fingerprint density at radius 3 is 2.72 bits per heavy atom. The van der Waals surface area contributed by atoms with Gasteiger partial charge >= 0.3 is 5.97 Å². The van der Waals surface area contributed by atoms with Gasteiger partial charge in [0.2, 0.25) is 5.91 Å². The quantitative estimate of drug-likeness (QED) is 0.663. The van der Waals surface area contributed by atoms with Crippen LogP contribution in [0.2, 0.25) is 0 Å². The summed E-state index contributed by atoms with van der Waals surface area (Å²) in [6, 6.07) is 3.80. The molecule has 3 heterocycles. The molecular formula is C21H25N5O3. The van der Waals surface area contributed by atoms with E-state index in [0.29, 0.717) is 24.3 Å². The first-order chi connectivity index (χ1) is 13.9. The number of carbonyl (C=O) groups is 2. The first kappa shape index (κ1) is 19.2. The number of carbonyl (C=O) groups excluding carboxylic acids is 1. The molecule has 1 N–H and O–H groups in total. The number of amides is 1. The van der Waals surface area contributed by atoms with E-state index in [1.54, 1.807) is 10.9 Å². The van der Waals surface area contributed by atoms with Gasteiger partial charge in [-0.25, -0.2) is 4.98 Å². The van der Waals surface area contributed by atoms with E-state index in [1.807, 2.05) is 48.7 Å². The fourth-order valence-electron chi connectivity index (χ4n) is 3.70. The number of rotatable bonds is 7. The van der Waals surface area contributed by atoms with Crippen molar-refractivity contribution in [1.82, 2.24) is 24.2 Å². The molecule has 0 bridgehead atoms. The van der Waals surface area contributed by atoms with E-state index in [4.69, 9.17) is 0 Å². The fraction of sp³-hybridized carbons (Fsp3) is 0.429. The normalized spacial score (nSPS) is 13.8. The van der Waals surface area contributed by atoms with E-state index >= 15 is 0 Å². The van der Waals surface area contributed by atoms with Crippen LogP contribution in [-0.2, 0) is 29.6 Å². The third-order valence-corrected chi connectivity index (χ3v) is 5.47. The van der Waals surface area contributed by atoms with Gasteiger partial charge in [-0.15, -0.1) is 0 Å². The van der Waals surface area contributed by atoms with Crippen molar-refractivity contribution in [3.63, 3.8) is 0 Å². The second-order valence-electron chi connectivity index (χ2n) is 7.65. The molecule has 1 fully saturated rings. The molecular weight excluding hydrogens is 370 g/mol. The smallest absolute Gasteiger partial charge is 0.307 e. The van der Waals surface area contributed by atoms with Crippen molar-refractivity contribution >= 4 is 22.9 Å². The molecule has 0 unspecified atom stereocenters. The van der Waals surface area contributed by atoms with Crippen LogP contribution in [0.4, 0.5) is 0 Å². The lowest BCUT2D eigenvalue weighted by molar-refractivity contribution is -0.136. The van der Waals surface area contributed by atoms with Crippen LogP contribution in [0.3, 0.4) is 0 Å². The second kappa shape index (κ2) is 7.35. The van der Waals surface area contributed by atoms with Crippen LogP contribution < -0.4 is 0 Å². The van der Waals surface area contributed by atoms with Gasteiger partial charge in [-0.05, 0) is 44.4 Å². The Labute approximate surface area is 168 Å². The van der Waals surface area contributed by atoms with Gasteiger partial charge in [-0.2, -0.15) is 5.10 Å². The van der Waals surface area contributed by atoms with Crippen molar-refractivity contribution in [2.24, 2.45) is 13.0 Å². The van der Waals surface area contributed by atoms with Crippen LogP contribution >= 0.6 is 0 Å². The lowest BCUT2D eigenvalue weighted by atomic mass is 10.1. The minimum atomic E-state index is -0.886. The first-order valence-electron chi connectivity index (χ1n) is 9.88. The largest absolute Gasteiger partial charge is 0.481 e. The summed E-state index contributed by atoms with van der Waals surface area (Å²) in [4.78, 5) is 30.5. The van der Waals surface area contributed by atoms with Crippen molar-refractivity contribution < 1.29 is 14.7 Å². The monoisotopic (exact) mass is 395 g/mol. The predicted octanol–water partition coefficient (Wildman–Crippen LogP) is 2.45. The highest BCUT2D eigenvalue weighted by molar-refractivity contribution is 5.86. The summed E-state index contributed by atoms with van der Waals surface area (Å²) < 4.78 is 3.68. The second-order valence-corrected chi connectivity index (χ2v) is 7.65. The van der Waals surface area contributed by atoms with E-state index in [2.05, 4.69) is 10.1 Å². The highest BCUT2D eigenvalue weighted by Crippen LogP contribution is 2.32. The van der Waals surface area contributed by atoms with Crippen LogP contribution in [0.15, 0.2) is 24.5 Å². The summed E-state index contributed by atoms with van der Waals surface area (Å²) >= 11 is 0. The molecule has 8 nitrogen and oxygen atoms in total. The molecule has 1 aliphatic carbocycles. The fourth-order valence-corrected chi connectivity index (χ4v) is 3.70.